The van der Waals surface area contributed by atoms with E-state index in [-0.39, 0.29) is 11.9 Å². The third-order valence-corrected chi connectivity index (χ3v) is 5.13. The molecule has 1 N–H and O–H groups in total. The van der Waals surface area contributed by atoms with E-state index in [1.54, 1.807) is 18.5 Å². The van der Waals surface area contributed by atoms with Crippen LogP contribution in [-0.4, -0.2) is 33.5 Å². The zero-order valence-corrected chi connectivity index (χ0v) is 14.4. The molecule has 2 aromatic heterocycles. The van der Waals surface area contributed by atoms with Gasteiger partial charge >= 0.3 is 0 Å². The summed E-state index contributed by atoms with van der Waals surface area (Å²) in [7, 11) is 0. The molecule has 0 spiro atoms. The summed E-state index contributed by atoms with van der Waals surface area (Å²) in [5.74, 6) is 1.29. The number of carbonyl (C=O) groups is 1. The van der Waals surface area contributed by atoms with E-state index in [0.717, 1.165) is 17.7 Å². The fraction of sp³-hybridized carbons (Fsp3) is 0.222. The molecule has 1 aromatic carbocycles. The topological polar surface area (TPSA) is 77.0 Å². The van der Waals surface area contributed by atoms with E-state index in [2.05, 4.69) is 20.3 Å². The normalized spacial score (nSPS) is 16.0. The number of fused-ring (bicyclic) bond motifs is 1. The third kappa shape index (κ3) is 3.23. The molecule has 0 aliphatic carbocycles. The van der Waals surface area contributed by atoms with Gasteiger partial charge in [-0.2, -0.15) is 0 Å². The molecule has 0 radical (unpaired) electrons. The van der Waals surface area contributed by atoms with Crippen molar-refractivity contribution >= 4 is 17.2 Å². The number of hydrogen-bond acceptors (Lipinski definition) is 6. The minimum atomic E-state index is -0.134. The lowest BCUT2D eigenvalue weighted by Gasteiger charge is -2.25. The summed E-state index contributed by atoms with van der Waals surface area (Å²) in [4.78, 5) is 26.0. The summed E-state index contributed by atoms with van der Waals surface area (Å²) in [6.45, 7) is 2.29. The van der Waals surface area contributed by atoms with Crippen LogP contribution in [-0.2, 0) is 6.42 Å². The SMILES string of the molecule is Cc1nc(-c2ncccn2)sc1C(=O)N[C@H]1COc2ccccc2C1. The first-order valence-corrected chi connectivity index (χ1v) is 8.79. The molecule has 7 heteroatoms. The largest absolute Gasteiger partial charge is 0.491 e. The van der Waals surface area contributed by atoms with E-state index in [1.807, 2.05) is 31.2 Å². The highest BCUT2D eigenvalue weighted by Crippen LogP contribution is 2.27. The molecule has 25 heavy (non-hydrogen) atoms. The van der Waals surface area contributed by atoms with Crippen molar-refractivity contribution in [2.24, 2.45) is 0 Å². The van der Waals surface area contributed by atoms with Crippen molar-refractivity contribution in [1.29, 1.82) is 0 Å². The average Bonchev–Trinajstić information content (AvgIpc) is 3.04. The Morgan fingerprint density at radius 3 is 2.88 bits per heavy atom. The van der Waals surface area contributed by atoms with Gasteiger partial charge in [0.2, 0.25) is 0 Å². The highest BCUT2D eigenvalue weighted by atomic mass is 32.1. The molecule has 1 aliphatic rings. The molecule has 3 heterocycles. The van der Waals surface area contributed by atoms with Gasteiger partial charge in [0, 0.05) is 12.4 Å². The van der Waals surface area contributed by atoms with Crippen molar-refractivity contribution in [3.8, 4) is 16.6 Å². The first kappa shape index (κ1) is 15.7. The number of hydrogen-bond donors (Lipinski definition) is 1. The molecular weight excluding hydrogens is 336 g/mol. The van der Waals surface area contributed by atoms with Gasteiger partial charge in [-0.25, -0.2) is 15.0 Å². The van der Waals surface area contributed by atoms with Crippen LogP contribution in [0.25, 0.3) is 10.8 Å². The Balaban J connectivity index is 1.50. The number of nitrogens with one attached hydrogen (secondary N) is 1. The Kier molecular flexibility index (Phi) is 4.15. The van der Waals surface area contributed by atoms with E-state index in [9.17, 15) is 4.79 Å². The molecular formula is C18H16N4O2S. The zero-order chi connectivity index (χ0) is 17.2. The van der Waals surface area contributed by atoms with Gasteiger partial charge in [0.25, 0.3) is 5.91 Å². The van der Waals surface area contributed by atoms with Crippen LogP contribution in [0.5, 0.6) is 5.75 Å². The number of benzene rings is 1. The molecule has 0 saturated heterocycles. The number of aromatic nitrogens is 3. The first-order chi connectivity index (χ1) is 12.2. The molecule has 126 valence electrons. The fourth-order valence-electron chi connectivity index (χ4n) is 2.78. The molecule has 1 amide bonds. The van der Waals surface area contributed by atoms with E-state index in [4.69, 9.17) is 4.74 Å². The molecule has 1 aliphatic heterocycles. The zero-order valence-electron chi connectivity index (χ0n) is 13.6. The second-order valence-electron chi connectivity index (χ2n) is 5.80. The predicted molar refractivity (Wildman–Crippen MR) is 94.8 cm³/mol. The van der Waals surface area contributed by atoms with Crippen LogP contribution in [0, 0.1) is 6.92 Å². The van der Waals surface area contributed by atoms with Gasteiger partial charge < -0.3 is 10.1 Å². The van der Waals surface area contributed by atoms with Crippen LogP contribution in [0.3, 0.4) is 0 Å². The summed E-state index contributed by atoms with van der Waals surface area (Å²) >= 11 is 1.31. The lowest BCUT2D eigenvalue weighted by Crippen LogP contribution is -2.42. The van der Waals surface area contributed by atoms with E-state index in [0.29, 0.717) is 28.0 Å². The van der Waals surface area contributed by atoms with Crippen molar-refractivity contribution in [2.75, 3.05) is 6.61 Å². The molecule has 3 aromatic rings. The van der Waals surface area contributed by atoms with Gasteiger partial charge in [-0.15, -0.1) is 11.3 Å². The number of ether oxygens (including phenoxy) is 1. The fourth-order valence-corrected chi connectivity index (χ4v) is 3.70. The predicted octanol–water partition coefficient (Wildman–Crippen LogP) is 2.64. The summed E-state index contributed by atoms with van der Waals surface area (Å²) in [5, 5.41) is 3.69. The number of rotatable bonds is 3. The Bertz CT molecular complexity index is 910. The van der Waals surface area contributed by atoms with Crippen molar-refractivity contribution in [1.82, 2.24) is 20.3 Å². The lowest BCUT2D eigenvalue weighted by atomic mass is 10.0. The maximum Gasteiger partial charge on any atom is 0.263 e. The summed E-state index contributed by atoms with van der Waals surface area (Å²) in [6, 6.07) is 9.60. The standard InChI is InChI=1S/C18H16N4O2S/c1-11-15(25-18(21-11)16-19-7-4-8-20-16)17(23)22-13-9-12-5-2-3-6-14(12)24-10-13/h2-8,13H,9-10H2,1H3,(H,22,23)/t13-/m1/s1. The van der Waals surface area contributed by atoms with Crippen LogP contribution in [0.4, 0.5) is 0 Å². The maximum absolute atomic E-state index is 12.7. The van der Waals surface area contributed by atoms with Crippen LogP contribution in [0.2, 0.25) is 0 Å². The first-order valence-electron chi connectivity index (χ1n) is 7.97. The molecule has 4 rings (SSSR count). The molecule has 6 nitrogen and oxygen atoms in total. The molecule has 0 bridgehead atoms. The number of aryl methyl sites for hydroxylation is 1. The minimum Gasteiger partial charge on any atom is -0.491 e. The van der Waals surface area contributed by atoms with Gasteiger partial charge in [0.15, 0.2) is 10.8 Å². The van der Waals surface area contributed by atoms with Crippen LogP contribution < -0.4 is 10.1 Å². The molecule has 1 atom stereocenters. The van der Waals surface area contributed by atoms with Crippen molar-refractivity contribution in [2.45, 2.75) is 19.4 Å². The summed E-state index contributed by atoms with van der Waals surface area (Å²) in [6.07, 6.45) is 4.08. The number of thiazole rings is 1. The van der Waals surface area contributed by atoms with Crippen LogP contribution >= 0.6 is 11.3 Å². The van der Waals surface area contributed by atoms with Crippen LogP contribution in [0.15, 0.2) is 42.7 Å². The smallest absolute Gasteiger partial charge is 0.263 e. The number of carbonyl (C=O) groups excluding carboxylic acids is 1. The average molecular weight is 352 g/mol. The van der Waals surface area contributed by atoms with Gasteiger partial charge in [-0.3, -0.25) is 4.79 Å². The van der Waals surface area contributed by atoms with Crippen molar-refractivity contribution in [3.05, 3.63) is 58.9 Å². The van der Waals surface area contributed by atoms with E-state index in [1.165, 1.54) is 11.3 Å². The highest BCUT2D eigenvalue weighted by molar-refractivity contribution is 7.17. The molecule has 0 unspecified atom stereocenters. The van der Waals surface area contributed by atoms with E-state index < -0.39 is 0 Å². The Morgan fingerprint density at radius 2 is 2.04 bits per heavy atom. The molecule has 0 saturated carbocycles. The molecule has 0 fully saturated rings. The van der Waals surface area contributed by atoms with Crippen LogP contribution in [0.1, 0.15) is 20.9 Å². The number of amides is 1. The second-order valence-corrected chi connectivity index (χ2v) is 6.80. The quantitative estimate of drug-likeness (QED) is 0.784. The Morgan fingerprint density at radius 1 is 1.24 bits per heavy atom. The second kappa shape index (κ2) is 6.60. The lowest BCUT2D eigenvalue weighted by molar-refractivity contribution is 0.0918. The van der Waals surface area contributed by atoms with Gasteiger partial charge in [-0.1, -0.05) is 18.2 Å². The number of nitrogens with zero attached hydrogens (tertiary/aromatic N) is 3. The van der Waals surface area contributed by atoms with Gasteiger partial charge in [0.1, 0.15) is 17.2 Å². The minimum absolute atomic E-state index is 0.0553. The Labute approximate surface area is 148 Å². The highest BCUT2D eigenvalue weighted by Gasteiger charge is 2.24. The Hall–Kier alpha value is -2.80. The third-order valence-electron chi connectivity index (χ3n) is 3.97. The van der Waals surface area contributed by atoms with E-state index >= 15 is 0 Å². The van der Waals surface area contributed by atoms with Crippen molar-refractivity contribution in [3.63, 3.8) is 0 Å². The summed E-state index contributed by atoms with van der Waals surface area (Å²) < 4.78 is 5.73. The monoisotopic (exact) mass is 352 g/mol. The summed E-state index contributed by atoms with van der Waals surface area (Å²) in [5.41, 5.74) is 1.79. The van der Waals surface area contributed by atoms with Gasteiger partial charge in [0.05, 0.1) is 11.7 Å². The van der Waals surface area contributed by atoms with Crippen molar-refractivity contribution < 1.29 is 9.53 Å². The van der Waals surface area contributed by atoms with Gasteiger partial charge in [-0.05, 0) is 31.0 Å². The number of para-hydroxylation sites is 1. The maximum atomic E-state index is 12.7.